The molecule has 0 aromatic carbocycles. The Morgan fingerprint density at radius 1 is 0.597 bits per heavy atom. The molecule has 0 aromatic rings. The lowest BCUT2D eigenvalue weighted by Gasteiger charge is -2.66. The lowest BCUT2D eigenvalue weighted by molar-refractivity contribution is -0.381. The Morgan fingerprint density at radius 3 is 1.75 bits per heavy atom. The number of ether oxygens (including phenoxy) is 8. The number of hydrogen-bond donors (Lipinski definition) is 14. The van der Waals surface area contributed by atoms with Crippen LogP contribution in [0.2, 0.25) is 0 Å². The van der Waals surface area contributed by atoms with Crippen molar-refractivity contribution in [3.63, 3.8) is 0 Å². The molecule has 4 aliphatic carbocycles. The van der Waals surface area contributed by atoms with E-state index in [0.717, 1.165) is 6.42 Å². The van der Waals surface area contributed by atoms with Crippen LogP contribution in [0, 0.1) is 46.3 Å². The number of rotatable bonds is 9. The maximum Gasteiger partial charge on any atom is 0.187 e. The summed E-state index contributed by atoms with van der Waals surface area (Å²) in [6.07, 6.45) is -25.6. The van der Waals surface area contributed by atoms with E-state index < -0.39 is 153 Å². The van der Waals surface area contributed by atoms with Crippen LogP contribution >= 0.6 is 0 Å². The highest BCUT2D eigenvalue weighted by molar-refractivity contribution is 5.21. The predicted molar refractivity (Wildman–Crippen MR) is 221 cm³/mol. The molecule has 67 heavy (non-hydrogen) atoms. The van der Waals surface area contributed by atoms with Gasteiger partial charge in [0, 0.05) is 30.1 Å². The Kier molecular flexibility index (Phi) is 14.1. The number of fused-ring (bicyclic) bond motifs is 7. The van der Waals surface area contributed by atoms with Crippen molar-refractivity contribution in [1.29, 1.82) is 0 Å². The van der Waals surface area contributed by atoms with E-state index in [1.54, 1.807) is 0 Å². The van der Waals surface area contributed by atoms with Crippen molar-refractivity contribution >= 4 is 0 Å². The second-order valence-electron chi connectivity index (χ2n) is 22.1. The van der Waals surface area contributed by atoms with Gasteiger partial charge in [-0.1, -0.05) is 27.7 Å². The topological polar surface area (TPSA) is 357 Å². The molecule has 5 saturated heterocycles. The smallest absolute Gasteiger partial charge is 0.187 e. The zero-order valence-corrected chi connectivity index (χ0v) is 38.3. The normalized spacial score (nSPS) is 59.9. The molecule has 5 aliphatic heterocycles. The van der Waals surface area contributed by atoms with E-state index in [9.17, 15) is 71.5 Å². The first-order valence-electron chi connectivity index (χ1n) is 24.2. The van der Waals surface area contributed by atoms with E-state index in [2.05, 4.69) is 13.8 Å². The predicted octanol–water partition coefficient (Wildman–Crippen LogP) is -4.71. The molecule has 22 nitrogen and oxygen atoms in total. The molecule has 0 unspecified atom stereocenters. The first-order chi connectivity index (χ1) is 31.6. The van der Waals surface area contributed by atoms with Crippen molar-refractivity contribution in [2.45, 2.75) is 207 Å². The van der Waals surface area contributed by atoms with Gasteiger partial charge in [-0.3, -0.25) is 0 Å². The summed E-state index contributed by atoms with van der Waals surface area (Å²) < 4.78 is 49.6. The summed E-state index contributed by atoms with van der Waals surface area (Å²) in [6.45, 7) is 6.33. The van der Waals surface area contributed by atoms with Crippen LogP contribution < -0.4 is 0 Å². The number of aliphatic hydroxyl groups is 14. The molecule has 30 atom stereocenters. The molecule has 0 amide bonds. The van der Waals surface area contributed by atoms with E-state index in [4.69, 9.17) is 37.9 Å². The molecular weight excluding hydrogens is 892 g/mol. The fourth-order valence-electron chi connectivity index (χ4n) is 14.8. The van der Waals surface area contributed by atoms with E-state index >= 15 is 0 Å². The summed E-state index contributed by atoms with van der Waals surface area (Å²) >= 11 is 0. The highest BCUT2D eigenvalue weighted by Gasteiger charge is 2.73. The number of aliphatic hydroxyl groups excluding tert-OH is 13. The van der Waals surface area contributed by atoms with Gasteiger partial charge in [0.15, 0.2) is 24.7 Å². The third kappa shape index (κ3) is 8.00. The van der Waals surface area contributed by atoms with Gasteiger partial charge < -0.3 is 109 Å². The maximum absolute atomic E-state index is 12.4. The highest BCUT2D eigenvalue weighted by Crippen LogP contribution is 2.72. The quantitative estimate of drug-likeness (QED) is 0.0966. The minimum Gasteiger partial charge on any atom is -0.394 e. The molecule has 14 N–H and O–H groups in total. The maximum atomic E-state index is 12.4. The summed E-state index contributed by atoms with van der Waals surface area (Å²) in [6, 6.07) is 0. The molecule has 0 aromatic heterocycles. The fourth-order valence-corrected chi connectivity index (χ4v) is 14.8. The standard InChI is InChI=1S/C45H74O22/c1-16-15-60-45(11-23(16)61-41-38(35(56)32(53)27(14-48)65-41)66-40-37(58)34(55)31(52)26(13-47)64-40)17(2)29-22(67-45)8-20-18-7-28(50)44(59)9-21(49)24(10-43(44,4)19(18)5-6-42(20,29)3)62-39-36(57)33(54)30(51)25(12-46)63-39/h16-41,46-59H,5-15H2,1-4H3/t16-,17-,18+,19-,20-,21+,22-,23-,24+,25+,26+,27+,28+,29-,30+,31+,32+,33-,34-,35-,36+,37+,38+,39+,40-,41+,42-,43+,44-,45+/m0/s1. The summed E-state index contributed by atoms with van der Waals surface area (Å²) in [5, 5.41) is 150. The van der Waals surface area contributed by atoms with Gasteiger partial charge in [-0.2, -0.15) is 0 Å². The van der Waals surface area contributed by atoms with Crippen LogP contribution in [0.5, 0.6) is 0 Å². The van der Waals surface area contributed by atoms with Crippen LogP contribution in [0.15, 0.2) is 0 Å². The average Bonchev–Trinajstić information content (AvgIpc) is 3.74. The first-order valence-corrected chi connectivity index (χ1v) is 24.2. The molecule has 0 radical (unpaired) electrons. The summed E-state index contributed by atoms with van der Waals surface area (Å²) in [7, 11) is 0. The Balaban J connectivity index is 0.912. The summed E-state index contributed by atoms with van der Waals surface area (Å²) in [5.74, 6) is -1.70. The second-order valence-corrected chi connectivity index (χ2v) is 22.1. The molecule has 1 spiro atoms. The largest absolute Gasteiger partial charge is 0.394 e. The second kappa shape index (κ2) is 18.6. The van der Waals surface area contributed by atoms with Crippen LogP contribution in [0.4, 0.5) is 0 Å². The fraction of sp³-hybridized carbons (Fsp3) is 1.00. The van der Waals surface area contributed by atoms with E-state index in [0.29, 0.717) is 19.3 Å². The molecule has 22 heteroatoms. The van der Waals surface area contributed by atoms with Crippen molar-refractivity contribution in [3.8, 4) is 0 Å². The van der Waals surface area contributed by atoms with Gasteiger partial charge in [-0.05, 0) is 61.2 Å². The van der Waals surface area contributed by atoms with Crippen LogP contribution in [0.3, 0.4) is 0 Å². The van der Waals surface area contributed by atoms with E-state index in [1.807, 2.05) is 13.8 Å². The van der Waals surface area contributed by atoms with Gasteiger partial charge in [0.25, 0.3) is 0 Å². The molecule has 9 aliphatic rings. The number of hydrogen-bond acceptors (Lipinski definition) is 22. The lowest BCUT2D eigenvalue weighted by Crippen LogP contribution is -2.71. The molecule has 4 saturated carbocycles. The van der Waals surface area contributed by atoms with Crippen LogP contribution in [-0.2, 0) is 37.9 Å². The van der Waals surface area contributed by atoms with Gasteiger partial charge in [-0.25, -0.2) is 0 Å². The summed E-state index contributed by atoms with van der Waals surface area (Å²) in [5.41, 5.74) is -2.95. The molecular formula is C45H74O22. The Morgan fingerprint density at radius 2 is 1.15 bits per heavy atom. The van der Waals surface area contributed by atoms with Gasteiger partial charge in [0.1, 0.15) is 73.2 Å². The lowest BCUT2D eigenvalue weighted by atomic mass is 9.42. The van der Waals surface area contributed by atoms with E-state index in [-0.39, 0.29) is 72.9 Å². The Hall–Kier alpha value is -0.880. The van der Waals surface area contributed by atoms with Crippen LogP contribution in [0.25, 0.3) is 0 Å². The molecule has 386 valence electrons. The Bertz CT molecular complexity index is 1730. The van der Waals surface area contributed by atoms with Crippen LogP contribution in [0.1, 0.15) is 72.6 Å². The molecule has 0 bridgehead atoms. The van der Waals surface area contributed by atoms with Gasteiger partial charge in [0.05, 0.1) is 62.5 Å². The van der Waals surface area contributed by atoms with Gasteiger partial charge in [-0.15, -0.1) is 0 Å². The average molecular weight is 967 g/mol. The monoisotopic (exact) mass is 966 g/mol. The third-order valence-electron chi connectivity index (χ3n) is 18.7. The molecule has 9 rings (SSSR count). The zero-order chi connectivity index (χ0) is 48.4. The van der Waals surface area contributed by atoms with Gasteiger partial charge >= 0.3 is 0 Å². The van der Waals surface area contributed by atoms with Crippen LogP contribution in [-0.4, -0.2) is 232 Å². The molecule has 9 fully saturated rings. The SMILES string of the molecule is C[C@H]1CO[C@]2(C[C@@H]1O[C@@H]1O[C@H](CO)[C@@H](O)[C@H](O)[C@H]1O[C@@H]1O[C@H](CO)[C@@H](O)[C@H](O)[C@H]1O)O[C@H]1C[C@H]3[C@@H]4C[C@@H](O)[C@@]5(O)C[C@@H](O)[C@H](O[C@@H]6O[C@H](CO)[C@@H](O)[C@H](O)[C@H]6O)C[C@]5(C)[C@H]4CC[C@]3(C)[C@H]1[C@@H]2C. The van der Waals surface area contributed by atoms with Crippen molar-refractivity contribution in [3.05, 3.63) is 0 Å². The highest BCUT2D eigenvalue weighted by atomic mass is 16.8. The van der Waals surface area contributed by atoms with Crippen molar-refractivity contribution in [2.24, 2.45) is 46.3 Å². The van der Waals surface area contributed by atoms with E-state index in [1.165, 1.54) is 0 Å². The van der Waals surface area contributed by atoms with Gasteiger partial charge in [0.2, 0.25) is 0 Å². The van der Waals surface area contributed by atoms with Crippen molar-refractivity contribution in [2.75, 3.05) is 26.4 Å². The minimum atomic E-state index is -1.83. The third-order valence-corrected chi connectivity index (χ3v) is 18.7. The van der Waals surface area contributed by atoms with Crippen molar-refractivity contribution < 1.29 is 109 Å². The Labute approximate surface area is 388 Å². The molecule has 5 heterocycles. The first kappa shape index (κ1) is 51.0. The van der Waals surface area contributed by atoms with Crippen molar-refractivity contribution in [1.82, 2.24) is 0 Å². The zero-order valence-electron chi connectivity index (χ0n) is 38.3. The summed E-state index contributed by atoms with van der Waals surface area (Å²) in [4.78, 5) is 0. The minimum absolute atomic E-state index is 0.00218.